The minimum absolute atomic E-state index is 0.0391. The highest BCUT2D eigenvalue weighted by atomic mass is 16.3. The van der Waals surface area contributed by atoms with E-state index in [0.29, 0.717) is 25.2 Å². The summed E-state index contributed by atoms with van der Waals surface area (Å²) < 4.78 is 0. The van der Waals surface area contributed by atoms with E-state index in [2.05, 4.69) is 18.7 Å². The van der Waals surface area contributed by atoms with Crippen LogP contribution in [0, 0.1) is 0 Å². The van der Waals surface area contributed by atoms with Gasteiger partial charge in [-0.05, 0) is 40.5 Å². The van der Waals surface area contributed by atoms with Crippen LogP contribution < -0.4 is 0 Å². The fourth-order valence-corrected chi connectivity index (χ4v) is 2.92. The standard InChI is InChI=1S/C13H26N2O2/c1-5-14(8-9-16)13(17)12(4)15-10(2)6-7-11(15)3/h10-12,16H,5-9H2,1-4H3. The molecule has 100 valence electrons. The van der Waals surface area contributed by atoms with Gasteiger partial charge in [0.15, 0.2) is 0 Å². The van der Waals surface area contributed by atoms with Gasteiger partial charge in [0.05, 0.1) is 12.6 Å². The van der Waals surface area contributed by atoms with Crippen LogP contribution in [0.2, 0.25) is 0 Å². The van der Waals surface area contributed by atoms with E-state index in [9.17, 15) is 4.79 Å². The second kappa shape index (κ2) is 6.36. The highest BCUT2D eigenvalue weighted by Crippen LogP contribution is 2.26. The minimum Gasteiger partial charge on any atom is -0.395 e. The summed E-state index contributed by atoms with van der Waals surface area (Å²) in [5.41, 5.74) is 0. The van der Waals surface area contributed by atoms with Gasteiger partial charge in [0, 0.05) is 25.2 Å². The molecule has 1 heterocycles. The molecule has 0 spiro atoms. The van der Waals surface area contributed by atoms with Crippen LogP contribution in [0.1, 0.15) is 40.5 Å². The number of rotatable bonds is 5. The van der Waals surface area contributed by atoms with Gasteiger partial charge in [-0.15, -0.1) is 0 Å². The Morgan fingerprint density at radius 3 is 2.35 bits per heavy atom. The van der Waals surface area contributed by atoms with Crippen LogP contribution in [-0.4, -0.2) is 58.6 Å². The Balaban J connectivity index is 2.67. The van der Waals surface area contributed by atoms with Crippen molar-refractivity contribution in [2.45, 2.75) is 58.7 Å². The van der Waals surface area contributed by atoms with Crippen molar-refractivity contribution >= 4 is 5.91 Å². The van der Waals surface area contributed by atoms with Crippen LogP contribution in [0.4, 0.5) is 0 Å². The molecular weight excluding hydrogens is 216 g/mol. The highest BCUT2D eigenvalue weighted by molar-refractivity contribution is 5.81. The number of hydrogen-bond donors (Lipinski definition) is 1. The molecule has 1 aliphatic heterocycles. The lowest BCUT2D eigenvalue weighted by molar-refractivity contribution is -0.137. The van der Waals surface area contributed by atoms with Gasteiger partial charge in [0.2, 0.25) is 5.91 Å². The maximum Gasteiger partial charge on any atom is 0.239 e. The third kappa shape index (κ3) is 3.19. The second-order valence-corrected chi connectivity index (χ2v) is 5.04. The monoisotopic (exact) mass is 242 g/mol. The number of hydrogen-bond acceptors (Lipinski definition) is 3. The van der Waals surface area contributed by atoms with Gasteiger partial charge in [0.25, 0.3) is 0 Å². The van der Waals surface area contributed by atoms with Gasteiger partial charge in [-0.2, -0.15) is 0 Å². The SMILES string of the molecule is CCN(CCO)C(=O)C(C)N1C(C)CCC1C. The van der Waals surface area contributed by atoms with Crippen molar-refractivity contribution < 1.29 is 9.90 Å². The molecule has 0 saturated carbocycles. The number of likely N-dealkylation sites (N-methyl/N-ethyl adjacent to an activating group) is 1. The summed E-state index contributed by atoms with van der Waals surface area (Å²) >= 11 is 0. The highest BCUT2D eigenvalue weighted by Gasteiger charge is 2.35. The molecule has 1 aliphatic rings. The number of amides is 1. The van der Waals surface area contributed by atoms with Gasteiger partial charge in [-0.1, -0.05) is 0 Å². The fourth-order valence-electron chi connectivity index (χ4n) is 2.92. The quantitative estimate of drug-likeness (QED) is 0.785. The smallest absolute Gasteiger partial charge is 0.239 e. The zero-order valence-electron chi connectivity index (χ0n) is 11.5. The Kier molecular flexibility index (Phi) is 5.40. The number of nitrogens with zero attached hydrogens (tertiary/aromatic N) is 2. The predicted molar refractivity (Wildman–Crippen MR) is 68.8 cm³/mol. The Labute approximate surface area is 105 Å². The molecule has 0 aromatic carbocycles. The molecule has 3 unspecified atom stereocenters. The van der Waals surface area contributed by atoms with Gasteiger partial charge < -0.3 is 10.0 Å². The molecule has 3 atom stereocenters. The fraction of sp³-hybridized carbons (Fsp3) is 0.923. The summed E-state index contributed by atoms with van der Waals surface area (Å²) in [6.45, 7) is 9.47. The van der Waals surface area contributed by atoms with Crippen molar-refractivity contribution in [3.63, 3.8) is 0 Å². The molecule has 0 aromatic heterocycles. The summed E-state index contributed by atoms with van der Waals surface area (Å²) in [4.78, 5) is 16.4. The Bertz CT molecular complexity index is 248. The molecule has 4 nitrogen and oxygen atoms in total. The molecular formula is C13H26N2O2. The number of likely N-dealkylation sites (tertiary alicyclic amines) is 1. The molecule has 0 bridgehead atoms. The maximum atomic E-state index is 12.3. The van der Waals surface area contributed by atoms with Crippen LogP contribution >= 0.6 is 0 Å². The zero-order valence-corrected chi connectivity index (χ0v) is 11.5. The zero-order chi connectivity index (χ0) is 13.0. The summed E-state index contributed by atoms with van der Waals surface area (Å²) in [6.07, 6.45) is 2.34. The van der Waals surface area contributed by atoms with E-state index in [4.69, 9.17) is 5.11 Å². The van der Waals surface area contributed by atoms with Crippen molar-refractivity contribution in [3.05, 3.63) is 0 Å². The van der Waals surface area contributed by atoms with Crippen LogP contribution in [-0.2, 0) is 4.79 Å². The average molecular weight is 242 g/mol. The van der Waals surface area contributed by atoms with Crippen molar-refractivity contribution in [2.75, 3.05) is 19.7 Å². The Hall–Kier alpha value is -0.610. The van der Waals surface area contributed by atoms with Gasteiger partial charge in [-0.3, -0.25) is 9.69 Å². The van der Waals surface area contributed by atoms with E-state index >= 15 is 0 Å². The first-order valence-corrected chi connectivity index (χ1v) is 6.70. The lowest BCUT2D eigenvalue weighted by Crippen LogP contribution is -2.51. The second-order valence-electron chi connectivity index (χ2n) is 5.04. The van der Waals surface area contributed by atoms with Gasteiger partial charge in [0.1, 0.15) is 0 Å². The average Bonchev–Trinajstić information content (AvgIpc) is 2.64. The molecule has 0 radical (unpaired) electrons. The van der Waals surface area contributed by atoms with E-state index in [0.717, 1.165) is 0 Å². The molecule has 1 saturated heterocycles. The molecule has 1 amide bonds. The third-order valence-electron chi connectivity index (χ3n) is 3.89. The van der Waals surface area contributed by atoms with E-state index in [1.807, 2.05) is 13.8 Å². The molecule has 4 heteroatoms. The number of aliphatic hydroxyl groups excluding tert-OH is 1. The third-order valence-corrected chi connectivity index (χ3v) is 3.89. The van der Waals surface area contributed by atoms with E-state index in [-0.39, 0.29) is 18.6 Å². The number of carbonyl (C=O) groups excluding carboxylic acids is 1. The van der Waals surface area contributed by atoms with E-state index < -0.39 is 0 Å². The normalized spacial score (nSPS) is 27.1. The lowest BCUT2D eigenvalue weighted by atomic mass is 10.2. The molecule has 0 aliphatic carbocycles. The summed E-state index contributed by atoms with van der Waals surface area (Å²) in [5, 5.41) is 8.96. The maximum absolute atomic E-state index is 12.3. The summed E-state index contributed by atoms with van der Waals surface area (Å²) in [7, 11) is 0. The molecule has 1 fully saturated rings. The van der Waals surface area contributed by atoms with E-state index in [1.54, 1.807) is 4.90 Å². The first kappa shape index (κ1) is 14.5. The minimum atomic E-state index is -0.0750. The van der Waals surface area contributed by atoms with Gasteiger partial charge in [-0.25, -0.2) is 0 Å². The van der Waals surface area contributed by atoms with Crippen LogP contribution in [0.5, 0.6) is 0 Å². The first-order chi connectivity index (χ1) is 8.02. The lowest BCUT2D eigenvalue weighted by Gasteiger charge is -2.34. The molecule has 17 heavy (non-hydrogen) atoms. The first-order valence-electron chi connectivity index (χ1n) is 6.70. The molecule has 0 aromatic rings. The number of carbonyl (C=O) groups is 1. The topological polar surface area (TPSA) is 43.8 Å². The Morgan fingerprint density at radius 1 is 1.41 bits per heavy atom. The largest absolute Gasteiger partial charge is 0.395 e. The van der Waals surface area contributed by atoms with Gasteiger partial charge >= 0.3 is 0 Å². The van der Waals surface area contributed by atoms with Crippen LogP contribution in [0.3, 0.4) is 0 Å². The summed E-state index contributed by atoms with van der Waals surface area (Å²) in [5.74, 6) is 0.141. The van der Waals surface area contributed by atoms with Crippen molar-refractivity contribution in [3.8, 4) is 0 Å². The van der Waals surface area contributed by atoms with Crippen molar-refractivity contribution in [2.24, 2.45) is 0 Å². The van der Waals surface area contributed by atoms with Crippen LogP contribution in [0.25, 0.3) is 0 Å². The van der Waals surface area contributed by atoms with Crippen molar-refractivity contribution in [1.29, 1.82) is 0 Å². The number of aliphatic hydroxyl groups is 1. The molecule has 1 N–H and O–H groups in total. The molecule has 1 rings (SSSR count). The predicted octanol–water partition coefficient (Wildman–Crippen LogP) is 1.09. The van der Waals surface area contributed by atoms with Crippen molar-refractivity contribution in [1.82, 2.24) is 9.80 Å². The summed E-state index contributed by atoms with van der Waals surface area (Å²) in [6, 6.07) is 0.891. The van der Waals surface area contributed by atoms with Crippen LogP contribution in [0.15, 0.2) is 0 Å². The Morgan fingerprint density at radius 2 is 1.94 bits per heavy atom. The van der Waals surface area contributed by atoms with E-state index in [1.165, 1.54) is 12.8 Å².